The Hall–Kier alpha value is -1.82. The van der Waals surface area contributed by atoms with Crippen molar-refractivity contribution in [2.24, 2.45) is 4.99 Å². The Morgan fingerprint density at radius 2 is 2.20 bits per heavy atom. The first-order valence-electron chi connectivity index (χ1n) is 6.65. The van der Waals surface area contributed by atoms with E-state index >= 15 is 0 Å². The van der Waals surface area contributed by atoms with Gasteiger partial charge in [0.1, 0.15) is 11.4 Å². The van der Waals surface area contributed by atoms with Crippen molar-refractivity contribution in [3.05, 3.63) is 24.0 Å². The summed E-state index contributed by atoms with van der Waals surface area (Å²) in [7, 11) is 1.78. The first-order chi connectivity index (χ1) is 9.20. The van der Waals surface area contributed by atoms with Crippen LogP contribution in [0.25, 0.3) is 0 Å². The van der Waals surface area contributed by atoms with Gasteiger partial charge in [0.25, 0.3) is 5.91 Å². The monoisotopic (exact) mass is 280 g/mol. The van der Waals surface area contributed by atoms with Gasteiger partial charge in [-0.1, -0.05) is 6.58 Å². The first kappa shape index (κ1) is 16.2. The second-order valence-corrected chi connectivity index (χ2v) is 5.20. The molecule has 0 aromatic rings. The van der Waals surface area contributed by atoms with Gasteiger partial charge in [-0.2, -0.15) is 0 Å². The van der Waals surface area contributed by atoms with E-state index in [1.54, 1.807) is 43.9 Å². The van der Waals surface area contributed by atoms with Gasteiger partial charge in [0.05, 0.1) is 12.2 Å². The van der Waals surface area contributed by atoms with Crippen LogP contribution in [0.3, 0.4) is 0 Å². The highest BCUT2D eigenvalue weighted by molar-refractivity contribution is 5.92. The molecule has 0 saturated carbocycles. The van der Waals surface area contributed by atoms with E-state index in [-0.39, 0.29) is 5.91 Å². The topological polar surface area (TPSA) is 68.2 Å². The van der Waals surface area contributed by atoms with Crippen molar-refractivity contribution in [2.45, 2.75) is 33.3 Å². The van der Waals surface area contributed by atoms with Crippen LogP contribution in [-0.2, 0) is 4.79 Å². The zero-order chi connectivity index (χ0) is 15.5. The van der Waals surface area contributed by atoms with E-state index in [9.17, 15) is 9.90 Å². The molecule has 112 valence electrons. The van der Waals surface area contributed by atoms with Crippen molar-refractivity contribution >= 4 is 11.7 Å². The zero-order valence-corrected chi connectivity index (χ0v) is 12.9. The molecule has 0 saturated heterocycles. The molecule has 0 aromatic heterocycles. The standard InChI is InChI=1S/C14H24N4O2/c1-7-17-13(19)8-12(15-6)9-18(17)11(3)16-10(2)14(4,5)20/h8,15,20H,2,7,9H2,1,3-6H3. The van der Waals surface area contributed by atoms with Crippen LogP contribution in [-0.4, -0.2) is 52.6 Å². The zero-order valence-electron chi connectivity index (χ0n) is 12.9. The van der Waals surface area contributed by atoms with Gasteiger partial charge < -0.3 is 10.4 Å². The van der Waals surface area contributed by atoms with Gasteiger partial charge in [-0.05, 0) is 27.7 Å². The van der Waals surface area contributed by atoms with Crippen molar-refractivity contribution in [3.63, 3.8) is 0 Å². The summed E-state index contributed by atoms with van der Waals surface area (Å²) in [6.07, 6.45) is 1.58. The lowest BCUT2D eigenvalue weighted by atomic mass is 10.1. The smallest absolute Gasteiger partial charge is 0.266 e. The second kappa shape index (κ2) is 6.09. The molecule has 6 heteroatoms. The van der Waals surface area contributed by atoms with E-state index < -0.39 is 5.60 Å². The minimum absolute atomic E-state index is 0.0912. The van der Waals surface area contributed by atoms with Crippen LogP contribution in [0.4, 0.5) is 0 Å². The van der Waals surface area contributed by atoms with Crippen LogP contribution >= 0.6 is 0 Å². The van der Waals surface area contributed by atoms with Gasteiger partial charge in [0.15, 0.2) is 0 Å². The quantitative estimate of drug-likeness (QED) is 0.592. The molecule has 0 bridgehead atoms. The van der Waals surface area contributed by atoms with Crippen molar-refractivity contribution in [1.29, 1.82) is 0 Å². The molecule has 6 nitrogen and oxygen atoms in total. The molecule has 0 radical (unpaired) electrons. The molecular weight excluding hydrogens is 256 g/mol. The number of hydrogen-bond acceptors (Lipinski definition) is 4. The lowest BCUT2D eigenvalue weighted by Crippen LogP contribution is -2.53. The Morgan fingerprint density at radius 1 is 1.60 bits per heavy atom. The van der Waals surface area contributed by atoms with Gasteiger partial charge in [-0.25, -0.2) is 10.0 Å². The minimum atomic E-state index is -1.08. The number of carbonyl (C=O) groups is 1. The van der Waals surface area contributed by atoms with E-state index in [0.717, 1.165) is 5.70 Å². The average molecular weight is 280 g/mol. The van der Waals surface area contributed by atoms with Gasteiger partial charge in [0.2, 0.25) is 0 Å². The fourth-order valence-electron chi connectivity index (χ4n) is 1.79. The van der Waals surface area contributed by atoms with E-state index in [0.29, 0.717) is 24.6 Å². The van der Waals surface area contributed by atoms with E-state index in [4.69, 9.17) is 0 Å². The number of hydrazine groups is 1. The van der Waals surface area contributed by atoms with E-state index in [2.05, 4.69) is 16.9 Å². The maximum atomic E-state index is 12.0. The minimum Gasteiger partial charge on any atom is -0.390 e. The van der Waals surface area contributed by atoms with Gasteiger partial charge in [0, 0.05) is 25.4 Å². The predicted octanol–water partition coefficient (Wildman–Crippen LogP) is 0.872. The van der Waals surface area contributed by atoms with Crippen LogP contribution in [0.15, 0.2) is 29.0 Å². The molecule has 0 aliphatic carbocycles. The number of amides is 1. The Kier molecular flexibility index (Phi) is 4.94. The van der Waals surface area contributed by atoms with Crippen LogP contribution in [0.2, 0.25) is 0 Å². The normalized spacial score (nSPS) is 17.2. The summed E-state index contributed by atoms with van der Waals surface area (Å²) >= 11 is 0. The van der Waals surface area contributed by atoms with E-state index in [1.165, 1.54) is 0 Å². The molecule has 1 aliphatic heterocycles. The fraction of sp³-hybridized carbons (Fsp3) is 0.571. The lowest BCUT2D eigenvalue weighted by molar-refractivity contribution is -0.137. The average Bonchev–Trinajstić information content (AvgIpc) is 2.36. The number of aliphatic imine (C=N–C) groups is 1. The third kappa shape index (κ3) is 3.60. The highest BCUT2D eigenvalue weighted by Crippen LogP contribution is 2.17. The largest absolute Gasteiger partial charge is 0.390 e. The number of nitrogens with one attached hydrogen (secondary N) is 1. The molecule has 2 N–H and O–H groups in total. The van der Waals surface area contributed by atoms with Gasteiger partial charge in [-0.15, -0.1) is 0 Å². The lowest BCUT2D eigenvalue weighted by Gasteiger charge is -2.38. The summed E-state index contributed by atoms with van der Waals surface area (Å²) in [6, 6.07) is 0. The molecule has 1 rings (SSSR count). The summed E-state index contributed by atoms with van der Waals surface area (Å²) in [5.41, 5.74) is 0.0990. The number of hydrogen-bond donors (Lipinski definition) is 2. The predicted molar refractivity (Wildman–Crippen MR) is 79.8 cm³/mol. The third-order valence-corrected chi connectivity index (χ3v) is 3.16. The molecule has 1 aliphatic rings. The van der Waals surface area contributed by atoms with Gasteiger partial charge in [-0.3, -0.25) is 9.80 Å². The summed E-state index contributed by atoms with van der Waals surface area (Å²) < 4.78 is 0. The molecule has 0 spiro atoms. The Morgan fingerprint density at radius 3 is 2.65 bits per heavy atom. The highest BCUT2D eigenvalue weighted by atomic mass is 16.3. The van der Waals surface area contributed by atoms with Crippen molar-refractivity contribution < 1.29 is 9.90 Å². The van der Waals surface area contributed by atoms with Gasteiger partial charge >= 0.3 is 0 Å². The maximum Gasteiger partial charge on any atom is 0.266 e. The Labute approximate surface area is 120 Å². The van der Waals surface area contributed by atoms with Crippen molar-refractivity contribution in [2.75, 3.05) is 20.1 Å². The van der Waals surface area contributed by atoms with Crippen LogP contribution < -0.4 is 5.32 Å². The number of likely N-dealkylation sites (N-methyl/N-ethyl adjacent to an activating group) is 2. The maximum absolute atomic E-state index is 12.0. The number of nitrogens with zero attached hydrogens (tertiary/aromatic N) is 3. The molecule has 0 unspecified atom stereocenters. The molecule has 20 heavy (non-hydrogen) atoms. The van der Waals surface area contributed by atoms with E-state index in [1.807, 2.05) is 6.92 Å². The van der Waals surface area contributed by atoms with Crippen molar-refractivity contribution in [1.82, 2.24) is 15.3 Å². The molecule has 0 atom stereocenters. The molecule has 0 aromatic carbocycles. The Bertz CT molecular complexity index is 460. The second-order valence-electron chi connectivity index (χ2n) is 5.20. The summed E-state index contributed by atoms with van der Waals surface area (Å²) in [5, 5.41) is 16.3. The highest BCUT2D eigenvalue weighted by Gasteiger charge is 2.27. The summed E-state index contributed by atoms with van der Waals surface area (Å²) in [4.78, 5) is 16.4. The number of amidine groups is 1. The number of carbonyl (C=O) groups excluding carboxylic acids is 1. The van der Waals surface area contributed by atoms with Crippen LogP contribution in [0, 0.1) is 0 Å². The molecule has 1 heterocycles. The molecule has 0 fully saturated rings. The first-order valence-corrected chi connectivity index (χ1v) is 6.65. The SMILES string of the molecule is C=C(N=C(C)N1CC(NC)=CC(=O)N1CC)C(C)(C)O. The van der Waals surface area contributed by atoms with Crippen LogP contribution in [0.5, 0.6) is 0 Å². The number of aliphatic hydroxyl groups is 1. The Balaban J connectivity index is 3.04. The molecule has 1 amide bonds. The number of rotatable bonds is 4. The van der Waals surface area contributed by atoms with Crippen molar-refractivity contribution in [3.8, 4) is 0 Å². The van der Waals surface area contributed by atoms with Crippen LogP contribution in [0.1, 0.15) is 27.7 Å². The summed E-state index contributed by atoms with van der Waals surface area (Å²) in [5.74, 6) is 0.527. The summed E-state index contributed by atoms with van der Waals surface area (Å²) in [6.45, 7) is 11.8. The fourth-order valence-corrected chi connectivity index (χ4v) is 1.79. The molecular formula is C14H24N4O2. The third-order valence-electron chi connectivity index (χ3n) is 3.16.